The zero-order valence-corrected chi connectivity index (χ0v) is 7.32. The van der Waals surface area contributed by atoms with Gasteiger partial charge in [0.05, 0.1) is 5.56 Å². The standard InChI is InChI=1S/C8H6BF3O3/c10-8(11,12)6-2-1-5(4-13)7(3-6)9(14)15/h1-4,14-15H. The molecule has 3 nitrogen and oxygen atoms in total. The van der Waals surface area contributed by atoms with Crippen LogP contribution in [0.1, 0.15) is 15.9 Å². The van der Waals surface area contributed by atoms with Gasteiger partial charge in [-0.2, -0.15) is 13.2 Å². The first-order valence-electron chi connectivity index (χ1n) is 3.88. The van der Waals surface area contributed by atoms with Crippen LogP contribution in [0.3, 0.4) is 0 Å². The average Bonchev–Trinajstić information content (AvgIpc) is 2.15. The van der Waals surface area contributed by atoms with E-state index in [0.29, 0.717) is 12.1 Å². The van der Waals surface area contributed by atoms with Crippen molar-refractivity contribution in [3.05, 3.63) is 29.3 Å². The summed E-state index contributed by atoms with van der Waals surface area (Å²) in [7, 11) is -2.10. The number of benzene rings is 1. The summed E-state index contributed by atoms with van der Waals surface area (Å²) in [6.45, 7) is 0. The first-order valence-corrected chi connectivity index (χ1v) is 3.88. The fraction of sp³-hybridized carbons (Fsp3) is 0.125. The molecule has 0 amide bonds. The fourth-order valence-electron chi connectivity index (χ4n) is 1.08. The summed E-state index contributed by atoms with van der Waals surface area (Å²) in [6.07, 6.45) is -4.32. The zero-order valence-electron chi connectivity index (χ0n) is 7.32. The van der Waals surface area contributed by atoms with Crippen LogP contribution < -0.4 is 5.46 Å². The van der Waals surface area contributed by atoms with E-state index >= 15 is 0 Å². The molecule has 0 bridgehead atoms. The molecule has 0 aliphatic heterocycles. The maximum absolute atomic E-state index is 12.2. The highest BCUT2D eigenvalue weighted by molar-refractivity contribution is 6.60. The summed E-state index contributed by atoms with van der Waals surface area (Å²) < 4.78 is 36.6. The third-order valence-corrected chi connectivity index (χ3v) is 1.82. The predicted molar refractivity (Wildman–Crippen MR) is 46.7 cm³/mol. The number of hydrogen-bond acceptors (Lipinski definition) is 3. The van der Waals surface area contributed by atoms with Gasteiger partial charge in [0, 0.05) is 5.56 Å². The van der Waals surface area contributed by atoms with Crippen molar-refractivity contribution in [2.75, 3.05) is 0 Å². The predicted octanol–water partition coefficient (Wildman–Crippen LogP) is 0.198. The summed E-state index contributed by atoms with van der Waals surface area (Å²) in [5.41, 5.74) is -1.67. The van der Waals surface area contributed by atoms with E-state index in [-0.39, 0.29) is 11.8 Å². The lowest BCUT2D eigenvalue weighted by molar-refractivity contribution is -0.137. The largest absolute Gasteiger partial charge is 0.489 e. The molecule has 0 atom stereocenters. The van der Waals surface area contributed by atoms with Crippen molar-refractivity contribution in [1.29, 1.82) is 0 Å². The molecule has 0 unspecified atom stereocenters. The van der Waals surface area contributed by atoms with Gasteiger partial charge in [0.15, 0.2) is 0 Å². The first-order chi connectivity index (χ1) is 6.86. The van der Waals surface area contributed by atoms with Crippen molar-refractivity contribution >= 4 is 18.9 Å². The van der Waals surface area contributed by atoms with E-state index in [1.54, 1.807) is 0 Å². The Balaban J connectivity index is 3.28. The molecule has 80 valence electrons. The van der Waals surface area contributed by atoms with Crippen molar-refractivity contribution in [2.45, 2.75) is 6.18 Å². The number of carbonyl (C=O) groups excluding carboxylic acids is 1. The van der Waals surface area contributed by atoms with Crippen molar-refractivity contribution in [3.8, 4) is 0 Å². The minimum Gasteiger partial charge on any atom is -0.423 e. The van der Waals surface area contributed by atoms with Gasteiger partial charge < -0.3 is 10.0 Å². The second-order valence-corrected chi connectivity index (χ2v) is 2.83. The number of alkyl halides is 3. The molecule has 1 aromatic rings. The SMILES string of the molecule is O=Cc1ccc(C(F)(F)F)cc1B(O)O. The molecule has 0 saturated heterocycles. The summed E-state index contributed by atoms with van der Waals surface area (Å²) in [5.74, 6) is 0. The van der Waals surface area contributed by atoms with Gasteiger partial charge in [-0.25, -0.2) is 0 Å². The van der Waals surface area contributed by atoms with Crippen LogP contribution in [0, 0.1) is 0 Å². The summed E-state index contributed by atoms with van der Waals surface area (Å²) >= 11 is 0. The van der Waals surface area contributed by atoms with Crippen LogP contribution in [0.4, 0.5) is 13.2 Å². The van der Waals surface area contributed by atoms with Crippen molar-refractivity contribution < 1.29 is 28.0 Å². The van der Waals surface area contributed by atoms with E-state index < -0.39 is 24.3 Å². The summed E-state index contributed by atoms with van der Waals surface area (Å²) in [4.78, 5) is 10.4. The van der Waals surface area contributed by atoms with Crippen molar-refractivity contribution in [1.82, 2.24) is 0 Å². The Bertz CT molecular complexity index is 376. The molecule has 0 aliphatic rings. The molecule has 0 aromatic heterocycles. The molecule has 0 aliphatic carbocycles. The summed E-state index contributed by atoms with van der Waals surface area (Å²) in [5, 5.41) is 17.5. The van der Waals surface area contributed by atoms with Crippen LogP contribution in [-0.4, -0.2) is 23.5 Å². The van der Waals surface area contributed by atoms with Crippen LogP contribution >= 0.6 is 0 Å². The molecule has 0 fully saturated rings. The molecule has 1 aromatic carbocycles. The fourth-order valence-corrected chi connectivity index (χ4v) is 1.08. The topological polar surface area (TPSA) is 57.5 Å². The molecule has 0 heterocycles. The third kappa shape index (κ3) is 2.57. The van der Waals surface area contributed by atoms with E-state index in [4.69, 9.17) is 10.0 Å². The van der Waals surface area contributed by atoms with Crippen LogP contribution in [0.5, 0.6) is 0 Å². The molecule has 7 heteroatoms. The maximum Gasteiger partial charge on any atom is 0.489 e. The van der Waals surface area contributed by atoms with Crippen LogP contribution in [0.2, 0.25) is 0 Å². The lowest BCUT2D eigenvalue weighted by Gasteiger charge is -2.09. The molecule has 0 saturated carbocycles. The Morgan fingerprint density at radius 2 is 1.87 bits per heavy atom. The van der Waals surface area contributed by atoms with Crippen LogP contribution in [0.25, 0.3) is 0 Å². The minimum absolute atomic E-state index is 0.182. The minimum atomic E-state index is -4.58. The highest BCUT2D eigenvalue weighted by Crippen LogP contribution is 2.28. The second kappa shape index (κ2) is 4.04. The normalized spacial score (nSPS) is 11.3. The van der Waals surface area contributed by atoms with Gasteiger partial charge in [-0.3, -0.25) is 4.79 Å². The number of aldehydes is 1. The maximum atomic E-state index is 12.2. The van der Waals surface area contributed by atoms with Crippen molar-refractivity contribution in [2.24, 2.45) is 0 Å². The lowest BCUT2D eigenvalue weighted by Crippen LogP contribution is -2.34. The molecule has 0 spiro atoms. The monoisotopic (exact) mass is 218 g/mol. The highest BCUT2D eigenvalue weighted by atomic mass is 19.4. The Labute approximate surface area is 83.3 Å². The summed E-state index contributed by atoms with van der Waals surface area (Å²) in [6, 6.07) is 2.13. The van der Waals surface area contributed by atoms with Gasteiger partial charge in [-0.15, -0.1) is 0 Å². The number of halogens is 3. The van der Waals surface area contributed by atoms with Crippen LogP contribution in [-0.2, 0) is 6.18 Å². The van der Waals surface area contributed by atoms with E-state index in [9.17, 15) is 18.0 Å². The van der Waals surface area contributed by atoms with Gasteiger partial charge in [-0.1, -0.05) is 6.07 Å². The molecule has 2 N–H and O–H groups in total. The second-order valence-electron chi connectivity index (χ2n) is 2.83. The molecular formula is C8H6BF3O3. The third-order valence-electron chi connectivity index (χ3n) is 1.82. The molecule has 0 radical (unpaired) electrons. The lowest BCUT2D eigenvalue weighted by atomic mass is 9.76. The quantitative estimate of drug-likeness (QED) is 0.550. The Morgan fingerprint density at radius 3 is 2.27 bits per heavy atom. The average molecular weight is 218 g/mol. The number of hydrogen-bond donors (Lipinski definition) is 2. The van der Waals surface area contributed by atoms with E-state index in [1.807, 2.05) is 0 Å². The van der Waals surface area contributed by atoms with E-state index in [0.717, 1.165) is 6.07 Å². The van der Waals surface area contributed by atoms with E-state index in [1.165, 1.54) is 0 Å². The van der Waals surface area contributed by atoms with Gasteiger partial charge in [-0.05, 0) is 17.6 Å². The zero-order chi connectivity index (χ0) is 11.6. The van der Waals surface area contributed by atoms with Gasteiger partial charge in [0.1, 0.15) is 6.29 Å². The highest BCUT2D eigenvalue weighted by Gasteiger charge is 2.32. The number of rotatable bonds is 2. The molecule has 15 heavy (non-hydrogen) atoms. The van der Waals surface area contributed by atoms with Gasteiger partial charge in [0.25, 0.3) is 0 Å². The first kappa shape index (κ1) is 11.7. The molecular weight excluding hydrogens is 212 g/mol. The van der Waals surface area contributed by atoms with E-state index in [2.05, 4.69) is 0 Å². The van der Waals surface area contributed by atoms with Gasteiger partial charge in [0.2, 0.25) is 0 Å². The molecule has 1 rings (SSSR count). The van der Waals surface area contributed by atoms with Crippen molar-refractivity contribution in [3.63, 3.8) is 0 Å². The smallest absolute Gasteiger partial charge is 0.423 e. The van der Waals surface area contributed by atoms with Crippen LogP contribution in [0.15, 0.2) is 18.2 Å². The van der Waals surface area contributed by atoms with Gasteiger partial charge >= 0.3 is 13.3 Å². The Morgan fingerprint density at radius 1 is 1.27 bits per heavy atom. The Hall–Kier alpha value is -1.34. The number of carbonyl (C=O) groups is 1. The Kier molecular flexibility index (Phi) is 3.16.